The quantitative estimate of drug-likeness (QED) is 0.404. The number of halogens is 5. The van der Waals surface area contributed by atoms with E-state index in [1.54, 1.807) is 24.3 Å². The summed E-state index contributed by atoms with van der Waals surface area (Å²) < 4.78 is 81.6. The van der Waals surface area contributed by atoms with Crippen LogP contribution in [-0.4, -0.2) is 26.0 Å². The van der Waals surface area contributed by atoms with E-state index < -0.39 is 50.9 Å². The van der Waals surface area contributed by atoms with Gasteiger partial charge >= 0.3 is 12.1 Å². The van der Waals surface area contributed by atoms with Crippen molar-refractivity contribution in [3.63, 3.8) is 0 Å². The van der Waals surface area contributed by atoms with Crippen molar-refractivity contribution in [3.8, 4) is 0 Å². The van der Waals surface area contributed by atoms with Gasteiger partial charge in [0, 0.05) is 17.1 Å². The van der Waals surface area contributed by atoms with E-state index in [0.717, 1.165) is 22.5 Å². The lowest BCUT2D eigenvalue weighted by molar-refractivity contribution is -0.141. The number of rotatable bonds is 6. The zero-order valence-corrected chi connectivity index (χ0v) is 20.2. The summed E-state index contributed by atoms with van der Waals surface area (Å²) in [5, 5.41) is 9.82. The van der Waals surface area contributed by atoms with Gasteiger partial charge in [-0.2, -0.15) is 13.2 Å². The largest absolute Gasteiger partial charge is 0.481 e. The molecule has 0 bridgehead atoms. The van der Waals surface area contributed by atoms with Gasteiger partial charge in [-0.1, -0.05) is 35.9 Å². The minimum absolute atomic E-state index is 0.0543. The molecule has 1 atom stereocenters. The second-order valence-corrected chi connectivity index (χ2v) is 10.7. The standard InChI is InChI=1S/C25H20ClF4NO4S/c26-21-5-2-6-22(27)20(21)10-8-15-7-9-16-12-17(24(32)33)14-31(23(16)11-15)36(34,35)19-4-1-3-18(13-19)25(28,29)30/h1-7,9,11,13,17H,8,10,12,14H2,(H,32,33). The molecule has 0 fully saturated rings. The first-order valence-corrected chi connectivity index (χ1v) is 12.7. The van der Waals surface area contributed by atoms with Gasteiger partial charge in [0.15, 0.2) is 0 Å². The molecule has 0 saturated heterocycles. The summed E-state index contributed by atoms with van der Waals surface area (Å²) in [7, 11) is -4.53. The smallest absolute Gasteiger partial charge is 0.416 e. The number of alkyl halides is 3. The van der Waals surface area contributed by atoms with Gasteiger partial charge in [0.2, 0.25) is 0 Å². The topological polar surface area (TPSA) is 74.7 Å². The Morgan fingerprint density at radius 2 is 1.78 bits per heavy atom. The van der Waals surface area contributed by atoms with E-state index in [1.807, 2.05) is 0 Å². The fraction of sp³-hybridized carbons (Fsp3) is 0.240. The molecule has 1 heterocycles. The summed E-state index contributed by atoms with van der Waals surface area (Å²) in [6.07, 6.45) is -4.18. The Morgan fingerprint density at radius 1 is 1.06 bits per heavy atom. The third-order valence-electron chi connectivity index (χ3n) is 6.09. The third-order valence-corrected chi connectivity index (χ3v) is 8.22. The maximum Gasteiger partial charge on any atom is 0.416 e. The van der Waals surface area contributed by atoms with Crippen molar-refractivity contribution in [3.05, 3.63) is 93.8 Å². The second-order valence-electron chi connectivity index (χ2n) is 8.46. The summed E-state index contributed by atoms with van der Waals surface area (Å²) >= 11 is 6.09. The van der Waals surface area contributed by atoms with Gasteiger partial charge < -0.3 is 5.11 Å². The van der Waals surface area contributed by atoms with Crippen LogP contribution in [0, 0.1) is 11.7 Å². The highest BCUT2D eigenvalue weighted by atomic mass is 35.5. The van der Waals surface area contributed by atoms with Gasteiger partial charge in [0.05, 0.1) is 22.1 Å². The zero-order chi connectivity index (χ0) is 26.3. The molecule has 0 aliphatic carbocycles. The zero-order valence-electron chi connectivity index (χ0n) is 18.6. The van der Waals surface area contributed by atoms with Gasteiger partial charge in [0.1, 0.15) is 5.82 Å². The number of fused-ring (bicyclic) bond motifs is 1. The van der Waals surface area contributed by atoms with Crippen LogP contribution >= 0.6 is 11.6 Å². The number of carboxylic acid groups (broad SMARTS) is 1. The molecule has 0 radical (unpaired) electrons. The molecule has 190 valence electrons. The van der Waals surface area contributed by atoms with E-state index in [1.165, 1.54) is 12.1 Å². The molecule has 36 heavy (non-hydrogen) atoms. The van der Waals surface area contributed by atoms with Crippen molar-refractivity contribution in [1.82, 2.24) is 0 Å². The van der Waals surface area contributed by atoms with E-state index in [2.05, 4.69) is 0 Å². The van der Waals surface area contributed by atoms with Crippen LogP contribution in [0.25, 0.3) is 0 Å². The molecule has 3 aromatic rings. The molecule has 0 spiro atoms. The summed E-state index contributed by atoms with van der Waals surface area (Å²) in [5.74, 6) is -2.78. The average molecular weight is 542 g/mol. The van der Waals surface area contributed by atoms with Gasteiger partial charge in [0.25, 0.3) is 10.0 Å². The Labute approximate surface area is 210 Å². The average Bonchev–Trinajstić information content (AvgIpc) is 2.82. The monoisotopic (exact) mass is 541 g/mol. The highest BCUT2D eigenvalue weighted by Gasteiger charge is 2.38. The molecule has 0 saturated carbocycles. The molecule has 11 heteroatoms. The lowest BCUT2D eigenvalue weighted by Crippen LogP contribution is -2.42. The third kappa shape index (κ3) is 5.19. The second kappa shape index (κ2) is 9.74. The van der Waals surface area contributed by atoms with Crippen molar-refractivity contribution in [2.75, 3.05) is 10.8 Å². The molecular formula is C25H20ClF4NO4S. The van der Waals surface area contributed by atoms with Crippen molar-refractivity contribution in [2.24, 2.45) is 5.92 Å². The fourth-order valence-corrected chi connectivity index (χ4v) is 6.04. The van der Waals surface area contributed by atoms with Crippen LogP contribution in [0.1, 0.15) is 22.3 Å². The van der Waals surface area contributed by atoms with Gasteiger partial charge in [-0.05, 0) is 66.8 Å². The van der Waals surface area contributed by atoms with Gasteiger partial charge in [-0.3, -0.25) is 9.10 Å². The lowest BCUT2D eigenvalue weighted by atomic mass is 9.92. The maximum absolute atomic E-state index is 14.2. The van der Waals surface area contributed by atoms with Crippen LogP contribution in [-0.2, 0) is 40.3 Å². The number of nitrogens with zero attached hydrogens (tertiary/aromatic N) is 1. The van der Waals surface area contributed by atoms with Crippen molar-refractivity contribution in [1.29, 1.82) is 0 Å². The molecule has 0 aromatic heterocycles. The molecule has 4 rings (SSSR count). The molecule has 0 amide bonds. The Bertz CT molecular complexity index is 1410. The summed E-state index contributed by atoms with van der Waals surface area (Å²) in [6, 6.07) is 12.5. The van der Waals surface area contributed by atoms with E-state index in [9.17, 15) is 35.9 Å². The summed E-state index contributed by atoms with van der Waals surface area (Å²) in [6.45, 7) is -0.441. The number of aryl methyl sites for hydroxylation is 1. The minimum atomic E-state index is -4.75. The van der Waals surface area contributed by atoms with Crippen LogP contribution < -0.4 is 4.31 Å². The molecule has 1 unspecified atom stereocenters. The lowest BCUT2D eigenvalue weighted by Gasteiger charge is -2.34. The Balaban J connectivity index is 1.73. The first-order valence-electron chi connectivity index (χ1n) is 10.9. The van der Waals surface area contributed by atoms with Crippen LogP contribution in [0.3, 0.4) is 0 Å². The number of sulfonamides is 1. The number of hydrogen-bond acceptors (Lipinski definition) is 3. The summed E-state index contributed by atoms with van der Waals surface area (Å²) in [5.41, 5.74) is 0.410. The number of hydrogen-bond donors (Lipinski definition) is 1. The number of carboxylic acids is 1. The van der Waals surface area contributed by atoms with Crippen molar-refractivity contribution in [2.45, 2.75) is 30.3 Å². The highest BCUT2D eigenvalue weighted by molar-refractivity contribution is 7.92. The van der Waals surface area contributed by atoms with E-state index >= 15 is 0 Å². The molecule has 5 nitrogen and oxygen atoms in total. The Morgan fingerprint density at radius 3 is 2.44 bits per heavy atom. The Hall–Kier alpha value is -3.11. The molecular weight excluding hydrogens is 522 g/mol. The molecule has 3 aromatic carbocycles. The van der Waals surface area contributed by atoms with E-state index in [0.29, 0.717) is 29.2 Å². The van der Waals surface area contributed by atoms with Crippen LogP contribution in [0.2, 0.25) is 5.02 Å². The molecule has 1 N–H and O–H groups in total. The maximum atomic E-state index is 14.2. The first-order chi connectivity index (χ1) is 16.9. The van der Waals surface area contributed by atoms with E-state index in [4.69, 9.17) is 11.6 Å². The molecule has 1 aliphatic heterocycles. The minimum Gasteiger partial charge on any atom is -0.481 e. The van der Waals surface area contributed by atoms with Gasteiger partial charge in [-0.15, -0.1) is 0 Å². The number of carbonyl (C=O) groups is 1. The first kappa shape index (κ1) is 26.0. The van der Waals surface area contributed by atoms with Gasteiger partial charge in [-0.25, -0.2) is 12.8 Å². The van der Waals surface area contributed by atoms with Crippen molar-refractivity contribution < 1.29 is 35.9 Å². The Kier molecular flexibility index (Phi) is 7.03. The normalized spacial score (nSPS) is 16.0. The van der Waals surface area contributed by atoms with Crippen molar-refractivity contribution >= 4 is 33.3 Å². The molecule has 1 aliphatic rings. The fourth-order valence-electron chi connectivity index (χ4n) is 4.19. The van der Waals surface area contributed by atoms with Crippen LogP contribution in [0.15, 0.2) is 65.6 Å². The summed E-state index contributed by atoms with van der Waals surface area (Å²) in [4.78, 5) is 11.1. The van der Waals surface area contributed by atoms with E-state index in [-0.39, 0.29) is 23.6 Å². The number of aliphatic carboxylic acids is 1. The number of anilines is 1. The number of benzene rings is 3. The highest BCUT2D eigenvalue weighted by Crippen LogP contribution is 2.37. The predicted molar refractivity (Wildman–Crippen MR) is 126 cm³/mol. The SMILES string of the molecule is O=C(O)C1Cc2ccc(CCc3c(F)cccc3Cl)cc2N(S(=O)(=O)c2cccc(C(F)(F)F)c2)C1. The van der Waals surface area contributed by atoms with Crippen LogP contribution in [0.5, 0.6) is 0 Å². The predicted octanol–water partition coefficient (Wildman–Crippen LogP) is 5.74. The van der Waals surface area contributed by atoms with Crippen LogP contribution in [0.4, 0.5) is 23.2 Å².